The second-order valence-corrected chi connectivity index (χ2v) is 9.16. The molecule has 0 aromatic carbocycles. The highest BCUT2D eigenvalue weighted by Crippen LogP contribution is 2.20. The summed E-state index contributed by atoms with van der Waals surface area (Å²) in [5.41, 5.74) is 0. The lowest BCUT2D eigenvalue weighted by molar-refractivity contribution is 0.0849. The van der Waals surface area contributed by atoms with Crippen LogP contribution in [-0.4, -0.2) is 56.5 Å². The van der Waals surface area contributed by atoms with Crippen molar-refractivity contribution in [2.24, 2.45) is 11.8 Å². The Hall–Kier alpha value is -0.130. The van der Waals surface area contributed by atoms with E-state index in [1.165, 1.54) is 0 Å². The van der Waals surface area contributed by atoms with Gasteiger partial charge in [0.25, 0.3) is 0 Å². The quantitative estimate of drug-likeness (QED) is 0.745. The van der Waals surface area contributed by atoms with Crippen molar-refractivity contribution in [1.82, 2.24) is 10.2 Å². The molecule has 0 saturated carbocycles. The van der Waals surface area contributed by atoms with Gasteiger partial charge in [0.2, 0.25) is 0 Å². The average Bonchev–Trinajstić information content (AvgIpc) is 2.44. The van der Waals surface area contributed by atoms with E-state index in [-0.39, 0.29) is 0 Å². The summed E-state index contributed by atoms with van der Waals surface area (Å²) in [6.45, 7) is 13.5. The van der Waals surface area contributed by atoms with E-state index in [1.54, 1.807) is 0 Å². The van der Waals surface area contributed by atoms with Crippen LogP contribution in [0, 0.1) is 11.8 Å². The molecule has 21 heavy (non-hydrogen) atoms. The largest absolute Gasteiger partial charge is 0.311 e. The van der Waals surface area contributed by atoms with Crippen LogP contribution in [0.15, 0.2) is 0 Å². The van der Waals surface area contributed by atoms with Crippen molar-refractivity contribution in [2.45, 2.75) is 59.5 Å². The molecule has 0 spiro atoms. The van der Waals surface area contributed by atoms with Crippen LogP contribution in [0.5, 0.6) is 0 Å². The zero-order chi connectivity index (χ0) is 16.0. The molecule has 4 nitrogen and oxygen atoms in total. The van der Waals surface area contributed by atoms with Crippen LogP contribution >= 0.6 is 0 Å². The van der Waals surface area contributed by atoms with Gasteiger partial charge in [-0.15, -0.1) is 0 Å². The van der Waals surface area contributed by atoms with Crippen molar-refractivity contribution in [3.05, 3.63) is 0 Å². The molecular weight excluding hydrogens is 284 g/mol. The maximum absolute atomic E-state index is 12.0. The van der Waals surface area contributed by atoms with E-state index >= 15 is 0 Å². The summed E-state index contributed by atoms with van der Waals surface area (Å²) >= 11 is 0. The number of piperazine rings is 1. The van der Waals surface area contributed by atoms with E-state index in [2.05, 4.69) is 37.9 Å². The Labute approximate surface area is 131 Å². The van der Waals surface area contributed by atoms with Crippen LogP contribution in [0.1, 0.15) is 47.5 Å². The maximum Gasteiger partial charge on any atom is 0.151 e. The monoisotopic (exact) mass is 318 g/mol. The summed E-state index contributed by atoms with van der Waals surface area (Å²) in [5, 5.41) is 3.65. The van der Waals surface area contributed by atoms with Crippen LogP contribution in [0.4, 0.5) is 0 Å². The first kappa shape index (κ1) is 18.9. The Kier molecular flexibility index (Phi) is 7.65. The third kappa shape index (κ3) is 5.87. The summed E-state index contributed by atoms with van der Waals surface area (Å²) in [6.07, 6.45) is 1.85. The molecule has 0 amide bonds. The highest BCUT2D eigenvalue weighted by Gasteiger charge is 2.32. The number of nitrogens with zero attached hydrogens (tertiary/aromatic N) is 1. The van der Waals surface area contributed by atoms with Gasteiger partial charge in [-0.05, 0) is 18.3 Å². The SMILES string of the molecule is CCCS(=O)(=O)CCN1CC(C(C)C)NCC1C(C)CC. The number of hydrogen-bond donors (Lipinski definition) is 1. The standard InChI is InChI=1S/C16H34N2O2S/c1-6-9-21(19,20)10-8-18-12-15(13(3)4)17-11-16(18)14(5)7-2/h13-17H,6-12H2,1-5H3. The number of nitrogens with one attached hydrogen (secondary N) is 1. The van der Waals surface area contributed by atoms with Gasteiger partial charge in [0.05, 0.1) is 5.75 Å². The van der Waals surface area contributed by atoms with Crippen molar-refractivity contribution in [3.63, 3.8) is 0 Å². The fourth-order valence-electron chi connectivity index (χ4n) is 3.06. The van der Waals surface area contributed by atoms with Crippen LogP contribution in [0.25, 0.3) is 0 Å². The van der Waals surface area contributed by atoms with Gasteiger partial charge in [-0.25, -0.2) is 8.42 Å². The summed E-state index contributed by atoms with van der Waals surface area (Å²) in [5.74, 6) is 1.80. The second kappa shape index (κ2) is 8.49. The second-order valence-electron chi connectivity index (χ2n) is 6.86. The minimum absolute atomic E-state index is 0.304. The minimum atomic E-state index is -2.89. The lowest BCUT2D eigenvalue weighted by Gasteiger charge is -2.44. The van der Waals surface area contributed by atoms with Gasteiger partial charge in [0.1, 0.15) is 0 Å². The molecule has 1 fully saturated rings. The third-order valence-corrected chi connectivity index (χ3v) is 6.63. The molecule has 1 aliphatic heterocycles. The first-order chi connectivity index (χ1) is 9.80. The first-order valence-electron chi connectivity index (χ1n) is 8.48. The summed E-state index contributed by atoms with van der Waals surface area (Å²) in [7, 11) is -2.89. The lowest BCUT2D eigenvalue weighted by Crippen LogP contribution is -2.60. The van der Waals surface area contributed by atoms with Crippen molar-refractivity contribution in [3.8, 4) is 0 Å². The van der Waals surface area contributed by atoms with Gasteiger partial charge in [0, 0.05) is 37.5 Å². The molecule has 0 aromatic rings. The number of rotatable bonds is 8. The Balaban J connectivity index is 2.70. The topological polar surface area (TPSA) is 49.4 Å². The first-order valence-corrected chi connectivity index (χ1v) is 10.3. The molecule has 1 N–H and O–H groups in total. The summed E-state index contributed by atoms with van der Waals surface area (Å²) in [6, 6.07) is 0.931. The van der Waals surface area contributed by atoms with Gasteiger partial charge < -0.3 is 5.32 Å². The van der Waals surface area contributed by atoms with Gasteiger partial charge in [-0.2, -0.15) is 0 Å². The van der Waals surface area contributed by atoms with Crippen molar-refractivity contribution in [1.29, 1.82) is 0 Å². The van der Waals surface area contributed by atoms with Crippen LogP contribution in [0.2, 0.25) is 0 Å². The predicted octanol–water partition coefficient (Wildman–Crippen LogP) is 2.16. The van der Waals surface area contributed by atoms with E-state index in [0.29, 0.717) is 48.4 Å². The Morgan fingerprint density at radius 2 is 1.86 bits per heavy atom. The smallest absolute Gasteiger partial charge is 0.151 e. The molecule has 0 bridgehead atoms. The molecule has 0 aromatic heterocycles. The third-order valence-electron chi connectivity index (χ3n) is 4.80. The zero-order valence-electron chi connectivity index (χ0n) is 14.4. The Morgan fingerprint density at radius 1 is 1.19 bits per heavy atom. The van der Waals surface area contributed by atoms with Crippen LogP contribution in [-0.2, 0) is 9.84 Å². The summed E-state index contributed by atoms with van der Waals surface area (Å²) in [4.78, 5) is 2.42. The van der Waals surface area contributed by atoms with E-state index in [1.807, 2.05) is 6.92 Å². The van der Waals surface area contributed by atoms with E-state index < -0.39 is 9.84 Å². The highest BCUT2D eigenvalue weighted by molar-refractivity contribution is 7.91. The molecule has 1 aliphatic rings. The maximum atomic E-state index is 12.0. The molecule has 3 unspecified atom stereocenters. The van der Waals surface area contributed by atoms with Gasteiger partial charge in [-0.1, -0.05) is 41.0 Å². The Morgan fingerprint density at radius 3 is 2.38 bits per heavy atom. The average molecular weight is 319 g/mol. The molecule has 0 aliphatic carbocycles. The zero-order valence-corrected chi connectivity index (χ0v) is 15.2. The minimum Gasteiger partial charge on any atom is -0.311 e. The van der Waals surface area contributed by atoms with Gasteiger partial charge in [-0.3, -0.25) is 4.90 Å². The Bertz CT molecular complexity index is 395. The lowest BCUT2D eigenvalue weighted by atomic mass is 9.92. The van der Waals surface area contributed by atoms with E-state index in [4.69, 9.17) is 0 Å². The molecule has 0 radical (unpaired) electrons. The fraction of sp³-hybridized carbons (Fsp3) is 1.00. The molecule has 1 rings (SSSR count). The molecular formula is C16H34N2O2S. The van der Waals surface area contributed by atoms with Crippen LogP contribution < -0.4 is 5.32 Å². The van der Waals surface area contributed by atoms with Crippen molar-refractivity contribution < 1.29 is 8.42 Å². The van der Waals surface area contributed by atoms with Gasteiger partial charge in [0.15, 0.2) is 9.84 Å². The normalized spacial score (nSPS) is 26.2. The van der Waals surface area contributed by atoms with E-state index in [0.717, 1.165) is 19.5 Å². The van der Waals surface area contributed by atoms with E-state index in [9.17, 15) is 8.42 Å². The van der Waals surface area contributed by atoms with Gasteiger partial charge >= 0.3 is 0 Å². The number of sulfone groups is 1. The molecule has 1 saturated heterocycles. The highest BCUT2D eigenvalue weighted by atomic mass is 32.2. The van der Waals surface area contributed by atoms with Crippen molar-refractivity contribution >= 4 is 9.84 Å². The molecule has 1 heterocycles. The van der Waals surface area contributed by atoms with Crippen molar-refractivity contribution in [2.75, 3.05) is 31.1 Å². The molecule has 126 valence electrons. The molecule has 3 atom stereocenters. The van der Waals surface area contributed by atoms with Crippen LogP contribution in [0.3, 0.4) is 0 Å². The molecule has 5 heteroatoms. The predicted molar refractivity (Wildman–Crippen MR) is 90.4 cm³/mol. The summed E-state index contributed by atoms with van der Waals surface area (Å²) < 4.78 is 24.0. The fourth-order valence-corrected chi connectivity index (χ4v) is 4.40. The number of hydrogen-bond acceptors (Lipinski definition) is 4.